The van der Waals surface area contributed by atoms with Crippen molar-refractivity contribution in [1.82, 2.24) is 0 Å². The lowest BCUT2D eigenvalue weighted by molar-refractivity contribution is 0.669. The van der Waals surface area contributed by atoms with Gasteiger partial charge in [-0.3, -0.25) is 0 Å². The highest BCUT2D eigenvalue weighted by atomic mass is 16.3. The first kappa shape index (κ1) is 35.2. The third-order valence-electron chi connectivity index (χ3n) is 11.7. The van der Waals surface area contributed by atoms with Gasteiger partial charge >= 0.3 is 0 Å². The third-order valence-corrected chi connectivity index (χ3v) is 11.7. The van der Waals surface area contributed by atoms with Gasteiger partial charge in [-0.2, -0.15) is 0 Å². The first-order valence-electron chi connectivity index (χ1n) is 20.5. The minimum Gasteiger partial charge on any atom is -0.456 e. The van der Waals surface area contributed by atoms with E-state index in [-0.39, 0.29) is 0 Å². The smallest absolute Gasteiger partial charge is 0.136 e. The summed E-state index contributed by atoms with van der Waals surface area (Å²) in [5, 5.41) is 4.67. The van der Waals surface area contributed by atoms with Gasteiger partial charge in [0.1, 0.15) is 11.2 Å². The summed E-state index contributed by atoms with van der Waals surface area (Å²) < 4.78 is 6.32. The summed E-state index contributed by atoms with van der Waals surface area (Å²) in [7, 11) is 0. The van der Waals surface area contributed by atoms with Crippen LogP contribution in [0.5, 0.6) is 0 Å². The van der Waals surface area contributed by atoms with E-state index in [1.165, 1.54) is 44.2 Å². The van der Waals surface area contributed by atoms with Crippen LogP contribution in [0.15, 0.2) is 241 Å². The molecule has 0 fully saturated rings. The van der Waals surface area contributed by atoms with Crippen molar-refractivity contribution in [2.24, 2.45) is 0 Å². The number of para-hydroxylation sites is 2. The van der Waals surface area contributed by atoms with Gasteiger partial charge in [0.25, 0.3) is 0 Å². The van der Waals surface area contributed by atoms with Crippen LogP contribution >= 0.6 is 0 Å². The molecule has 10 aromatic carbocycles. The minimum atomic E-state index is 0.905. The van der Waals surface area contributed by atoms with Crippen molar-refractivity contribution in [3.8, 4) is 55.6 Å². The highest BCUT2D eigenvalue weighted by molar-refractivity contribution is 6.19. The molecule has 0 saturated carbocycles. The second kappa shape index (κ2) is 15.1. The summed E-state index contributed by atoms with van der Waals surface area (Å²) in [5.74, 6) is 0. The molecule has 0 spiro atoms. The summed E-state index contributed by atoms with van der Waals surface area (Å²) in [6.45, 7) is 0. The van der Waals surface area contributed by atoms with E-state index in [0.29, 0.717) is 0 Å². The molecule has 60 heavy (non-hydrogen) atoms. The number of hydrogen-bond donors (Lipinski definition) is 0. The van der Waals surface area contributed by atoms with Gasteiger partial charge in [0, 0.05) is 27.7 Å². The molecular formula is C58H39NO. The molecule has 1 aromatic heterocycles. The van der Waals surface area contributed by atoms with Gasteiger partial charge in [-0.05, 0) is 109 Å². The Kier molecular flexibility index (Phi) is 8.87. The predicted molar refractivity (Wildman–Crippen MR) is 253 cm³/mol. The van der Waals surface area contributed by atoms with Crippen LogP contribution in [0.2, 0.25) is 0 Å². The average molecular weight is 766 g/mol. The Bertz CT molecular complexity index is 3280. The number of hydrogen-bond acceptors (Lipinski definition) is 2. The molecule has 0 aliphatic carbocycles. The van der Waals surface area contributed by atoms with Gasteiger partial charge in [0.2, 0.25) is 0 Å². The van der Waals surface area contributed by atoms with Crippen LogP contribution in [0.4, 0.5) is 17.1 Å². The molecule has 0 radical (unpaired) electrons. The van der Waals surface area contributed by atoms with Crippen molar-refractivity contribution in [3.05, 3.63) is 237 Å². The zero-order valence-corrected chi connectivity index (χ0v) is 32.9. The zero-order chi connectivity index (χ0) is 39.8. The number of benzene rings is 10. The fourth-order valence-corrected chi connectivity index (χ4v) is 8.74. The van der Waals surface area contributed by atoms with Crippen LogP contribution in [-0.2, 0) is 0 Å². The van der Waals surface area contributed by atoms with Crippen LogP contribution in [0.25, 0.3) is 88.3 Å². The lowest BCUT2D eigenvalue weighted by Gasteiger charge is -2.29. The van der Waals surface area contributed by atoms with Gasteiger partial charge in [0.15, 0.2) is 0 Å². The topological polar surface area (TPSA) is 16.4 Å². The van der Waals surface area contributed by atoms with Gasteiger partial charge in [-0.15, -0.1) is 0 Å². The fourth-order valence-electron chi connectivity index (χ4n) is 8.74. The molecule has 0 bridgehead atoms. The molecule has 2 heteroatoms. The summed E-state index contributed by atoms with van der Waals surface area (Å²) >= 11 is 0. The van der Waals surface area contributed by atoms with E-state index in [2.05, 4.69) is 235 Å². The maximum Gasteiger partial charge on any atom is 0.136 e. The molecule has 0 aliphatic heterocycles. The standard InChI is InChI=1S/C58H39NO/c1-4-14-40(15-5-1)41-24-26-42(27-25-41)43-30-33-48(34-31-43)59(55-22-12-10-20-51(55)44-16-6-2-7-17-44)49-35-36-50(53(39-49)45-18-8-3-9-19-45)47-29-28-46-32-37-57-58(54(46)38-47)52-21-11-13-23-56(52)60-57/h1-39H. The van der Waals surface area contributed by atoms with E-state index in [1.54, 1.807) is 0 Å². The number of nitrogens with zero attached hydrogens (tertiary/aromatic N) is 1. The van der Waals surface area contributed by atoms with Crippen LogP contribution in [-0.4, -0.2) is 0 Å². The lowest BCUT2D eigenvalue weighted by atomic mass is 9.91. The highest BCUT2D eigenvalue weighted by Crippen LogP contribution is 2.45. The molecule has 0 amide bonds. The summed E-state index contributed by atoms with van der Waals surface area (Å²) in [5.41, 5.74) is 16.8. The van der Waals surface area contributed by atoms with E-state index in [9.17, 15) is 0 Å². The summed E-state index contributed by atoms with van der Waals surface area (Å²) in [4.78, 5) is 2.41. The Morgan fingerprint density at radius 1 is 0.283 bits per heavy atom. The molecule has 0 aliphatic rings. The van der Waals surface area contributed by atoms with Crippen LogP contribution in [0.1, 0.15) is 0 Å². The minimum absolute atomic E-state index is 0.905. The number of anilines is 3. The SMILES string of the molecule is c1ccc(-c2ccc(-c3ccc(N(c4ccc(-c5ccc6ccc7oc8ccccc8c7c6c5)c(-c5ccccc5)c4)c4ccccc4-c4ccccc4)cc3)cc2)cc1. The van der Waals surface area contributed by atoms with E-state index in [4.69, 9.17) is 4.42 Å². The van der Waals surface area contributed by atoms with E-state index in [0.717, 1.165) is 61.3 Å². The van der Waals surface area contributed by atoms with E-state index < -0.39 is 0 Å². The highest BCUT2D eigenvalue weighted by Gasteiger charge is 2.20. The summed E-state index contributed by atoms with van der Waals surface area (Å²) in [6.07, 6.45) is 0. The maximum atomic E-state index is 6.32. The quantitative estimate of drug-likeness (QED) is 0.153. The molecule has 1 heterocycles. The fraction of sp³-hybridized carbons (Fsp3) is 0. The van der Waals surface area contributed by atoms with Crippen LogP contribution < -0.4 is 4.90 Å². The van der Waals surface area contributed by atoms with E-state index >= 15 is 0 Å². The average Bonchev–Trinajstić information content (AvgIpc) is 3.72. The van der Waals surface area contributed by atoms with Gasteiger partial charge < -0.3 is 9.32 Å². The number of fused-ring (bicyclic) bond motifs is 5. The van der Waals surface area contributed by atoms with Crippen molar-refractivity contribution in [3.63, 3.8) is 0 Å². The Hall–Kier alpha value is -7.94. The van der Waals surface area contributed by atoms with Crippen LogP contribution in [0.3, 0.4) is 0 Å². The van der Waals surface area contributed by atoms with Crippen molar-refractivity contribution in [2.45, 2.75) is 0 Å². The number of furan rings is 1. The van der Waals surface area contributed by atoms with Gasteiger partial charge in [0.05, 0.1) is 5.69 Å². The Labute approximate surface area is 349 Å². The van der Waals surface area contributed by atoms with Gasteiger partial charge in [-0.25, -0.2) is 0 Å². The lowest BCUT2D eigenvalue weighted by Crippen LogP contribution is -2.11. The van der Waals surface area contributed by atoms with Crippen LogP contribution in [0, 0.1) is 0 Å². The molecule has 0 saturated heterocycles. The second-order valence-corrected chi connectivity index (χ2v) is 15.3. The molecular weight excluding hydrogens is 727 g/mol. The largest absolute Gasteiger partial charge is 0.456 e. The molecule has 0 atom stereocenters. The molecule has 11 rings (SSSR count). The van der Waals surface area contributed by atoms with Gasteiger partial charge in [-0.1, -0.05) is 188 Å². The number of rotatable bonds is 8. The Morgan fingerprint density at radius 3 is 1.50 bits per heavy atom. The summed E-state index contributed by atoms with van der Waals surface area (Å²) in [6, 6.07) is 84.9. The van der Waals surface area contributed by atoms with Crippen molar-refractivity contribution < 1.29 is 4.42 Å². The van der Waals surface area contributed by atoms with Crippen molar-refractivity contribution in [1.29, 1.82) is 0 Å². The van der Waals surface area contributed by atoms with E-state index in [1.807, 2.05) is 6.07 Å². The van der Waals surface area contributed by atoms with Crippen molar-refractivity contribution >= 4 is 49.8 Å². The Balaban J connectivity index is 1.07. The first-order valence-corrected chi connectivity index (χ1v) is 20.5. The monoisotopic (exact) mass is 765 g/mol. The molecule has 11 aromatic rings. The first-order chi connectivity index (χ1) is 29.7. The molecule has 2 nitrogen and oxygen atoms in total. The molecule has 0 unspecified atom stereocenters. The maximum absolute atomic E-state index is 6.32. The second-order valence-electron chi connectivity index (χ2n) is 15.3. The predicted octanol–water partition coefficient (Wildman–Crippen LogP) is 16.5. The molecule has 282 valence electrons. The zero-order valence-electron chi connectivity index (χ0n) is 32.9. The Morgan fingerprint density at radius 2 is 0.800 bits per heavy atom. The normalized spacial score (nSPS) is 11.3. The third kappa shape index (κ3) is 6.41. The van der Waals surface area contributed by atoms with Crippen molar-refractivity contribution in [2.75, 3.05) is 4.90 Å². The molecule has 0 N–H and O–H groups in total.